The van der Waals surface area contributed by atoms with E-state index in [4.69, 9.17) is 10.00 Å². The fourth-order valence-electron chi connectivity index (χ4n) is 1.15. The zero-order valence-electron chi connectivity index (χ0n) is 8.22. The van der Waals surface area contributed by atoms with Crippen molar-refractivity contribution in [2.24, 2.45) is 0 Å². The van der Waals surface area contributed by atoms with Gasteiger partial charge in [0.1, 0.15) is 11.8 Å². The van der Waals surface area contributed by atoms with Gasteiger partial charge in [-0.15, -0.1) is 0 Å². The highest BCUT2D eigenvalue weighted by Gasteiger charge is 2.04. The fraction of sp³-hybridized carbons (Fsp3) is 0.364. The maximum atomic E-state index is 8.83. The Morgan fingerprint density at radius 2 is 1.92 bits per heavy atom. The van der Waals surface area contributed by atoms with E-state index in [9.17, 15) is 0 Å². The van der Waals surface area contributed by atoms with Crippen molar-refractivity contribution in [3.63, 3.8) is 0 Å². The monoisotopic (exact) mass is 175 g/mol. The van der Waals surface area contributed by atoms with Crippen LogP contribution >= 0.6 is 0 Å². The van der Waals surface area contributed by atoms with Gasteiger partial charge in [-0.1, -0.05) is 0 Å². The molecular formula is C11H13NO. The summed E-state index contributed by atoms with van der Waals surface area (Å²) in [5.41, 5.74) is 2.90. The number of ether oxygens (including phenoxy) is 1. The summed E-state index contributed by atoms with van der Waals surface area (Å²) in [6.07, 6.45) is 0. The van der Waals surface area contributed by atoms with Crippen LogP contribution in [0.1, 0.15) is 23.6 Å². The third-order valence-electron chi connectivity index (χ3n) is 2.02. The molecule has 0 heterocycles. The third-order valence-corrected chi connectivity index (χ3v) is 2.02. The van der Waals surface area contributed by atoms with E-state index in [1.165, 1.54) is 0 Å². The lowest BCUT2D eigenvalue weighted by atomic mass is 10.1. The zero-order valence-corrected chi connectivity index (χ0v) is 8.22. The standard InChI is InChI=1S/C11H13NO/c1-4-13-11-6-9(3)8(2)5-10(11)7-12/h5-6H,4H2,1-3H3. The largest absolute Gasteiger partial charge is 0.492 e. The molecule has 13 heavy (non-hydrogen) atoms. The van der Waals surface area contributed by atoms with E-state index in [0.29, 0.717) is 17.9 Å². The van der Waals surface area contributed by atoms with E-state index >= 15 is 0 Å². The molecule has 0 fully saturated rings. The van der Waals surface area contributed by atoms with Gasteiger partial charge in [0, 0.05) is 0 Å². The van der Waals surface area contributed by atoms with Crippen LogP contribution in [-0.4, -0.2) is 6.61 Å². The molecule has 0 amide bonds. The molecule has 0 aliphatic heterocycles. The second kappa shape index (κ2) is 3.95. The maximum Gasteiger partial charge on any atom is 0.137 e. The normalized spacial score (nSPS) is 9.38. The number of nitrogens with zero attached hydrogens (tertiary/aromatic N) is 1. The van der Waals surface area contributed by atoms with Gasteiger partial charge in [-0.3, -0.25) is 0 Å². The van der Waals surface area contributed by atoms with Crippen LogP contribution in [0.2, 0.25) is 0 Å². The summed E-state index contributed by atoms with van der Waals surface area (Å²) in [6, 6.07) is 5.90. The molecule has 0 aliphatic carbocycles. The molecule has 0 radical (unpaired) electrons. The van der Waals surface area contributed by atoms with Crippen molar-refractivity contribution in [3.05, 3.63) is 28.8 Å². The minimum Gasteiger partial charge on any atom is -0.492 e. The number of hydrogen-bond donors (Lipinski definition) is 0. The zero-order chi connectivity index (χ0) is 9.84. The Morgan fingerprint density at radius 1 is 1.31 bits per heavy atom. The van der Waals surface area contributed by atoms with Gasteiger partial charge in [0.05, 0.1) is 12.2 Å². The van der Waals surface area contributed by atoms with Gasteiger partial charge in [-0.05, 0) is 44.0 Å². The van der Waals surface area contributed by atoms with Crippen LogP contribution in [0.25, 0.3) is 0 Å². The molecule has 1 aromatic rings. The average Bonchev–Trinajstić information content (AvgIpc) is 2.11. The highest BCUT2D eigenvalue weighted by atomic mass is 16.5. The average molecular weight is 175 g/mol. The predicted octanol–water partition coefficient (Wildman–Crippen LogP) is 2.57. The molecule has 0 spiro atoms. The number of aryl methyl sites for hydroxylation is 2. The summed E-state index contributed by atoms with van der Waals surface area (Å²) in [4.78, 5) is 0. The highest BCUT2D eigenvalue weighted by Crippen LogP contribution is 2.22. The van der Waals surface area contributed by atoms with Gasteiger partial charge in [0.15, 0.2) is 0 Å². The van der Waals surface area contributed by atoms with E-state index in [1.807, 2.05) is 32.9 Å². The summed E-state index contributed by atoms with van der Waals surface area (Å²) in [5, 5.41) is 8.83. The van der Waals surface area contributed by atoms with Crippen molar-refractivity contribution in [1.29, 1.82) is 5.26 Å². The fourth-order valence-corrected chi connectivity index (χ4v) is 1.15. The van der Waals surface area contributed by atoms with E-state index in [1.54, 1.807) is 0 Å². The Kier molecular flexibility index (Phi) is 2.92. The summed E-state index contributed by atoms with van der Waals surface area (Å²) < 4.78 is 5.34. The molecule has 0 aliphatic rings. The third kappa shape index (κ3) is 2.00. The van der Waals surface area contributed by atoms with Crippen molar-refractivity contribution >= 4 is 0 Å². The molecule has 68 valence electrons. The van der Waals surface area contributed by atoms with Crippen LogP contribution < -0.4 is 4.74 Å². The molecule has 0 saturated heterocycles. The van der Waals surface area contributed by atoms with Crippen LogP contribution in [0.15, 0.2) is 12.1 Å². The van der Waals surface area contributed by atoms with Gasteiger partial charge in [0.2, 0.25) is 0 Å². The molecular weight excluding hydrogens is 162 g/mol. The van der Waals surface area contributed by atoms with Gasteiger partial charge in [0.25, 0.3) is 0 Å². The lowest BCUT2D eigenvalue weighted by molar-refractivity contribution is 0.339. The topological polar surface area (TPSA) is 33.0 Å². The molecule has 2 heteroatoms. The second-order valence-corrected chi connectivity index (χ2v) is 2.98. The molecule has 0 saturated carbocycles. The van der Waals surface area contributed by atoms with Gasteiger partial charge in [-0.25, -0.2) is 0 Å². The SMILES string of the molecule is CCOc1cc(C)c(C)cc1C#N. The Hall–Kier alpha value is -1.49. The number of nitriles is 1. The van der Waals surface area contributed by atoms with E-state index in [0.717, 1.165) is 11.1 Å². The summed E-state index contributed by atoms with van der Waals surface area (Å²) in [7, 11) is 0. The van der Waals surface area contributed by atoms with Gasteiger partial charge in [-0.2, -0.15) is 5.26 Å². The van der Waals surface area contributed by atoms with E-state index < -0.39 is 0 Å². The van der Waals surface area contributed by atoms with Crippen molar-refractivity contribution in [3.8, 4) is 11.8 Å². The number of benzene rings is 1. The van der Waals surface area contributed by atoms with Crippen LogP contribution in [0.3, 0.4) is 0 Å². The quantitative estimate of drug-likeness (QED) is 0.692. The minimum atomic E-state index is 0.594. The first-order valence-electron chi connectivity index (χ1n) is 4.33. The molecule has 1 rings (SSSR count). The minimum absolute atomic E-state index is 0.594. The maximum absolute atomic E-state index is 8.83. The second-order valence-electron chi connectivity index (χ2n) is 2.98. The van der Waals surface area contributed by atoms with Crippen LogP contribution in [0.4, 0.5) is 0 Å². The Balaban J connectivity index is 3.18. The van der Waals surface area contributed by atoms with Crippen LogP contribution in [0.5, 0.6) is 5.75 Å². The summed E-state index contributed by atoms with van der Waals surface area (Å²) in [5.74, 6) is 0.688. The van der Waals surface area contributed by atoms with Crippen molar-refractivity contribution < 1.29 is 4.74 Å². The molecule has 0 bridgehead atoms. The molecule has 0 unspecified atom stereocenters. The number of hydrogen-bond acceptors (Lipinski definition) is 2. The molecule has 0 N–H and O–H groups in total. The smallest absolute Gasteiger partial charge is 0.137 e. The first kappa shape index (κ1) is 9.60. The Bertz CT molecular complexity index is 350. The Morgan fingerprint density at radius 3 is 2.46 bits per heavy atom. The lowest BCUT2D eigenvalue weighted by Gasteiger charge is -2.08. The molecule has 1 aromatic carbocycles. The Labute approximate surface area is 78.8 Å². The van der Waals surface area contributed by atoms with Crippen LogP contribution in [-0.2, 0) is 0 Å². The van der Waals surface area contributed by atoms with Gasteiger partial charge < -0.3 is 4.74 Å². The summed E-state index contributed by atoms with van der Waals surface area (Å²) >= 11 is 0. The highest BCUT2D eigenvalue weighted by molar-refractivity contribution is 5.48. The molecule has 0 aromatic heterocycles. The first-order valence-corrected chi connectivity index (χ1v) is 4.33. The number of rotatable bonds is 2. The summed E-state index contributed by atoms with van der Waals surface area (Å²) in [6.45, 7) is 6.51. The van der Waals surface area contributed by atoms with Crippen molar-refractivity contribution in [2.45, 2.75) is 20.8 Å². The molecule has 0 atom stereocenters. The van der Waals surface area contributed by atoms with E-state index in [-0.39, 0.29) is 0 Å². The van der Waals surface area contributed by atoms with Crippen molar-refractivity contribution in [1.82, 2.24) is 0 Å². The van der Waals surface area contributed by atoms with E-state index in [2.05, 4.69) is 6.07 Å². The van der Waals surface area contributed by atoms with Crippen molar-refractivity contribution in [2.75, 3.05) is 6.61 Å². The van der Waals surface area contributed by atoms with Crippen LogP contribution in [0, 0.1) is 25.2 Å². The predicted molar refractivity (Wildman–Crippen MR) is 51.8 cm³/mol. The molecule has 2 nitrogen and oxygen atoms in total. The first-order chi connectivity index (χ1) is 6.19. The van der Waals surface area contributed by atoms with Gasteiger partial charge >= 0.3 is 0 Å². The lowest BCUT2D eigenvalue weighted by Crippen LogP contribution is -1.96.